The number of benzene rings is 1. The maximum atomic E-state index is 12.1. The zero-order chi connectivity index (χ0) is 9.90. The first-order valence-electron chi connectivity index (χ1n) is 3.81. The van der Waals surface area contributed by atoms with E-state index in [1.54, 1.807) is 5.32 Å². The monoisotopic (exact) mass is 189 g/mol. The third kappa shape index (κ3) is 2.73. The molecule has 0 aliphatic carbocycles. The average Bonchev–Trinajstić information content (AvgIpc) is 2.04. The highest BCUT2D eigenvalue weighted by Crippen LogP contribution is 2.28. The maximum Gasteiger partial charge on any atom is 0.416 e. The highest BCUT2D eigenvalue weighted by molar-refractivity contribution is 5.23. The molecule has 0 atom stereocenters. The van der Waals surface area contributed by atoms with Gasteiger partial charge in [-0.25, -0.2) is 0 Å². The van der Waals surface area contributed by atoms with Crippen LogP contribution in [0.4, 0.5) is 13.2 Å². The summed E-state index contributed by atoms with van der Waals surface area (Å²) < 4.78 is 36.3. The number of nitrogens with two attached hydrogens (primary N) is 1. The predicted octanol–water partition coefficient (Wildman–Crippen LogP) is 1.56. The van der Waals surface area contributed by atoms with Gasteiger partial charge in [0, 0.05) is 5.56 Å². The normalized spacial score (nSPS) is 11.7. The lowest BCUT2D eigenvalue weighted by Gasteiger charge is -2.07. The van der Waals surface area contributed by atoms with Crippen LogP contribution in [0.3, 0.4) is 0 Å². The summed E-state index contributed by atoms with van der Waals surface area (Å²) in [6.45, 7) is 0.595. The first kappa shape index (κ1) is 10.1. The summed E-state index contributed by atoms with van der Waals surface area (Å²) in [5, 5.41) is 1.66. The summed E-state index contributed by atoms with van der Waals surface area (Å²) >= 11 is 0. The average molecular weight is 189 g/mol. The van der Waals surface area contributed by atoms with E-state index in [9.17, 15) is 13.2 Å². The van der Waals surface area contributed by atoms with Crippen LogP contribution in [0.1, 0.15) is 11.1 Å². The van der Waals surface area contributed by atoms with Gasteiger partial charge in [0.25, 0.3) is 0 Å². The molecule has 0 saturated heterocycles. The second kappa shape index (κ2) is 3.79. The molecule has 1 rings (SSSR count). The van der Waals surface area contributed by atoms with E-state index in [-0.39, 0.29) is 0 Å². The van der Waals surface area contributed by atoms with Crippen LogP contribution in [0, 0.1) is 7.05 Å². The molecule has 0 amide bonds. The zero-order valence-electron chi connectivity index (χ0n) is 6.93. The molecule has 0 saturated carbocycles. The molecule has 0 spiro atoms. The van der Waals surface area contributed by atoms with Crippen LogP contribution in [0.2, 0.25) is 0 Å². The van der Waals surface area contributed by atoms with Crippen molar-refractivity contribution in [3.63, 3.8) is 0 Å². The van der Waals surface area contributed by atoms with E-state index < -0.39 is 11.7 Å². The minimum absolute atomic E-state index is 0.595. The Morgan fingerprint density at radius 1 is 1.15 bits per heavy atom. The van der Waals surface area contributed by atoms with Gasteiger partial charge in [-0.05, 0) is 12.1 Å². The maximum absolute atomic E-state index is 12.1. The standard InChI is InChI=1S/C9H10F3N/c1-13-6-7-2-4-8(5-3-7)9(10,11)12/h2-5H,1,6,13H2. The van der Waals surface area contributed by atoms with Crippen molar-refractivity contribution in [2.75, 3.05) is 0 Å². The number of alkyl halides is 3. The van der Waals surface area contributed by atoms with Gasteiger partial charge in [-0.3, -0.25) is 0 Å². The Labute approximate surface area is 74.6 Å². The van der Waals surface area contributed by atoms with Crippen LogP contribution in [0.5, 0.6) is 0 Å². The first-order valence-corrected chi connectivity index (χ1v) is 3.81. The second-order valence-electron chi connectivity index (χ2n) is 2.69. The molecule has 0 radical (unpaired) electrons. The molecule has 0 unspecified atom stereocenters. The van der Waals surface area contributed by atoms with Gasteiger partial charge in [0.2, 0.25) is 0 Å². The van der Waals surface area contributed by atoms with Gasteiger partial charge in [-0.15, -0.1) is 0 Å². The highest BCUT2D eigenvalue weighted by Gasteiger charge is 2.29. The zero-order valence-corrected chi connectivity index (χ0v) is 6.93. The topological polar surface area (TPSA) is 16.6 Å². The second-order valence-corrected chi connectivity index (χ2v) is 2.69. The van der Waals surface area contributed by atoms with Gasteiger partial charge in [0.15, 0.2) is 0 Å². The van der Waals surface area contributed by atoms with E-state index in [1.807, 2.05) is 0 Å². The van der Waals surface area contributed by atoms with Crippen molar-refractivity contribution in [3.8, 4) is 0 Å². The summed E-state index contributed by atoms with van der Waals surface area (Å²) in [5.41, 5.74) is 0.225. The van der Waals surface area contributed by atoms with E-state index in [4.69, 9.17) is 0 Å². The molecule has 2 N–H and O–H groups in total. The molecule has 4 heteroatoms. The minimum atomic E-state index is -4.24. The largest absolute Gasteiger partial charge is 0.475 e. The van der Waals surface area contributed by atoms with Crippen LogP contribution in [0.25, 0.3) is 0 Å². The number of hydrogen-bond acceptors (Lipinski definition) is 0. The van der Waals surface area contributed by atoms with Crippen molar-refractivity contribution in [3.05, 3.63) is 42.4 Å². The predicted molar refractivity (Wildman–Crippen MR) is 42.4 cm³/mol. The van der Waals surface area contributed by atoms with E-state index in [0.29, 0.717) is 6.54 Å². The Bertz CT molecular complexity index is 263. The molecule has 1 aromatic carbocycles. The van der Waals surface area contributed by atoms with Crippen molar-refractivity contribution in [1.82, 2.24) is 0 Å². The molecular weight excluding hydrogens is 179 g/mol. The molecule has 72 valence electrons. The molecule has 0 aliphatic rings. The third-order valence-electron chi connectivity index (χ3n) is 1.66. The lowest BCUT2D eigenvalue weighted by molar-refractivity contribution is -0.612. The fourth-order valence-electron chi connectivity index (χ4n) is 0.996. The van der Waals surface area contributed by atoms with E-state index >= 15 is 0 Å². The van der Waals surface area contributed by atoms with Crippen molar-refractivity contribution in [1.29, 1.82) is 0 Å². The van der Waals surface area contributed by atoms with Crippen molar-refractivity contribution >= 4 is 0 Å². The van der Waals surface area contributed by atoms with Gasteiger partial charge in [0.05, 0.1) is 12.1 Å². The minimum Gasteiger partial charge on any atom is -0.475 e. The Balaban J connectivity index is 2.81. The summed E-state index contributed by atoms with van der Waals surface area (Å²) in [7, 11) is 3.50. The lowest BCUT2D eigenvalue weighted by atomic mass is 10.1. The Hall–Kier alpha value is -1.03. The molecule has 1 aromatic rings. The fourth-order valence-corrected chi connectivity index (χ4v) is 0.996. The number of rotatable bonds is 2. The lowest BCUT2D eigenvalue weighted by Crippen LogP contribution is -2.74. The van der Waals surface area contributed by atoms with Crippen LogP contribution < -0.4 is 5.32 Å². The van der Waals surface area contributed by atoms with Gasteiger partial charge in [0.1, 0.15) is 0 Å². The van der Waals surface area contributed by atoms with Gasteiger partial charge < -0.3 is 5.32 Å². The fraction of sp³-hybridized carbons (Fsp3) is 0.222. The molecular formula is C9H10F3N. The molecule has 0 aliphatic heterocycles. The van der Waals surface area contributed by atoms with Crippen molar-refractivity contribution in [2.45, 2.75) is 12.7 Å². The summed E-state index contributed by atoms with van der Waals surface area (Å²) in [5.74, 6) is 0. The Kier molecular flexibility index (Phi) is 2.93. The van der Waals surface area contributed by atoms with Gasteiger partial charge in [-0.1, -0.05) is 12.1 Å². The summed E-state index contributed by atoms with van der Waals surface area (Å²) in [6.07, 6.45) is -4.24. The smallest absolute Gasteiger partial charge is 0.416 e. The van der Waals surface area contributed by atoms with Crippen molar-refractivity contribution in [2.24, 2.45) is 0 Å². The van der Waals surface area contributed by atoms with Gasteiger partial charge in [-0.2, -0.15) is 20.2 Å². The summed E-state index contributed by atoms with van der Waals surface area (Å²) in [6, 6.07) is 5.09. The van der Waals surface area contributed by atoms with Crippen LogP contribution >= 0.6 is 0 Å². The van der Waals surface area contributed by atoms with E-state index in [1.165, 1.54) is 12.1 Å². The van der Waals surface area contributed by atoms with Crippen molar-refractivity contribution < 1.29 is 18.5 Å². The SMILES string of the molecule is [CH2-][NH2+]Cc1ccc(C(F)(F)F)cc1. The quantitative estimate of drug-likeness (QED) is 0.680. The van der Waals surface area contributed by atoms with E-state index in [2.05, 4.69) is 7.05 Å². The van der Waals surface area contributed by atoms with Crippen LogP contribution in [-0.4, -0.2) is 0 Å². The number of quaternary nitrogens is 1. The Morgan fingerprint density at radius 3 is 2.08 bits per heavy atom. The molecule has 13 heavy (non-hydrogen) atoms. The third-order valence-corrected chi connectivity index (χ3v) is 1.66. The molecule has 0 heterocycles. The van der Waals surface area contributed by atoms with Gasteiger partial charge >= 0.3 is 6.18 Å². The summed E-state index contributed by atoms with van der Waals surface area (Å²) in [4.78, 5) is 0. The Morgan fingerprint density at radius 2 is 1.69 bits per heavy atom. The first-order chi connectivity index (χ1) is 6.04. The van der Waals surface area contributed by atoms with Crippen LogP contribution in [0.15, 0.2) is 24.3 Å². The number of halogens is 3. The molecule has 0 fully saturated rings. The number of hydrogen-bond donors (Lipinski definition) is 1. The molecule has 0 bridgehead atoms. The molecule has 0 aromatic heterocycles. The van der Waals surface area contributed by atoms with Crippen LogP contribution in [-0.2, 0) is 12.7 Å². The highest BCUT2D eigenvalue weighted by atomic mass is 19.4. The molecule has 1 nitrogen and oxygen atoms in total. The van der Waals surface area contributed by atoms with E-state index in [0.717, 1.165) is 17.7 Å².